The monoisotopic (exact) mass is 217 g/mol. The Hall–Kier alpha value is -1.28. The molecule has 0 radical (unpaired) electrons. The van der Waals surface area contributed by atoms with Gasteiger partial charge in [0.25, 0.3) is 0 Å². The Morgan fingerprint density at radius 1 is 1.25 bits per heavy atom. The summed E-state index contributed by atoms with van der Waals surface area (Å²) in [5, 5.41) is 1.14. The molecule has 2 N–H and O–H groups in total. The first-order valence-electron chi connectivity index (χ1n) is 5.82. The Labute approximate surface area is 96.4 Å². The summed E-state index contributed by atoms with van der Waals surface area (Å²) >= 11 is 0. The maximum absolute atomic E-state index is 6.10. The van der Waals surface area contributed by atoms with E-state index in [0.29, 0.717) is 5.92 Å². The molecule has 2 aromatic rings. The predicted molar refractivity (Wildman–Crippen MR) is 67.3 cm³/mol. The molecule has 1 aromatic heterocycles. The van der Waals surface area contributed by atoms with Gasteiger partial charge in [0.2, 0.25) is 0 Å². The molecule has 86 valence electrons. The lowest BCUT2D eigenvalue weighted by Gasteiger charge is -2.10. The molecule has 16 heavy (non-hydrogen) atoms. The highest BCUT2D eigenvalue weighted by Gasteiger charge is 2.13. The van der Waals surface area contributed by atoms with Crippen LogP contribution >= 0.6 is 0 Å². The second kappa shape index (κ2) is 4.30. The SMILES string of the molecule is Cc1ccc2cc(C(N)CC(C)C)oc2c1. The molecule has 2 nitrogen and oxygen atoms in total. The molecule has 0 aliphatic carbocycles. The minimum atomic E-state index is 0.00714. The van der Waals surface area contributed by atoms with Gasteiger partial charge in [-0.1, -0.05) is 26.0 Å². The van der Waals surface area contributed by atoms with E-state index in [1.54, 1.807) is 0 Å². The van der Waals surface area contributed by atoms with Crippen LogP contribution in [0.15, 0.2) is 28.7 Å². The topological polar surface area (TPSA) is 39.2 Å². The minimum Gasteiger partial charge on any atom is -0.459 e. The number of hydrogen-bond acceptors (Lipinski definition) is 2. The fourth-order valence-corrected chi connectivity index (χ4v) is 1.97. The van der Waals surface area contributed by atoms with Crippen molar-refractivity contribution in [1.82, 2.24) is 0 Å². The molecule has 1 atom stereocenters. The van der Waals surface area contributed by atoms with Crippen molar-refractivity contribution < 1.29 is 4.42 Å². The molecule has 0 amide bonds. The summed E-state index contributed by atoms with van der Waals surface area (Å²) in [5.41, 5.74) is 8.26. The Bertz CT molecular complexity index is 484. The molecule has 2 heteroatoms. The molecule has 0 bridgehead atoms. The van der Waals surface area contributed by atoms with Crippen molar-refractivity contribution in [1.29, 1.82) is 0 Å². The van der Waals surface area contributed by atoms with Crippen molar-refractivity contribution in [2.45, 2.75) is 33.2 Å². The molecule has 0 fully saturated rings. The molecule has 1 heterocycles. The molecule has 0 aliphatic rings. The summed E-state index contributed by atoms with van der Waals surface area (Å²) in [4.78, 5) is 0. The quantitative estimate of drug-likeness (QED) is 0.849. The average molecular weight is 217 g/mol. The third-order valence-electron chi connectivity index (χ3n) is 2.79. The van der Waals surface area contributed by atoms with Crippen molar-refractivity contribution >= 4 is 11.0 Å². The molecule has 1 aromatic carbocycles. The van der Waals surface area contributed by atoms with Crippen LogP contribution in [0, 0.1) is 12.8 Å². The Morgan fingerprint density at radius 2 is 2.00 bits per heavy atom. The third kappa shape index (κ3) is 2.27. The lowest BCUT2D eigenvalue weighted by Crippen LogP contribution is -2.11. The molecule has 0 aliphatic heterocycles. The van der Waals surface area contributed by atoms with Gasteiger partial charge in [0.1, 0.15) is 11.3 Å². The van der Waals surface area contributed by atoms with Gasteiger partial charge in [0.15, 0.2) is 0 Å². The number of rotatable bonds is 3. The van der Waals surface area contributed by atoms with Gasteiger partial charge in [0.05, 0.1) is 6.04 Å². The zero-order chi connectivity index (χ0) is 11.7. The fraction of sp³-hybridized carbons (Fsp3) is 0.429. The maximum atomic E-state index is 6.10. The van der Waals surface area contributed by atoms with Crippen LogP contribution in [-0.2, 0) is 0 Å². The summed E-state index contributed by atoms with van der Waals surface area (Å²) < 4.78 is 5.79. The fourth-order valence-electron chi connectivity index (χ4n) is 1.97. The third-order valence-corrected chi connectivity index (χ3v) is 2.79. The molecule has 2 rings (SSSR count). The normalized spacial score (nSPS) is 13.6. The number of nitrogens with two attached hydrogens (primary N) is 1. The van der Waals surface area contributed by atoms with Crippen molar-refractivity contribution in [3.63, 3.8) is 0 Å². The van der Waals surface area contributed by atoms with Crippen LogP contribution in [0.2, 0.25) is 0 Å². The van der Waals surface area contributed by atoms with Crippen LogP contribution in [-0.4, -0.2) is 0 Å². The van der Waals surface area contributed by atoms with E-state index in [0.717, 1.165) is 23.2 Å². The van der Waals surface area contributed by atoms with Gasteiger partial charge in [-0.2, -0.15) is 0 Å². The van der Waals surface area contributed by atoms with E-state index in [-0.39, 0.29) is 6.04 Å². The van der Waals surface area contributed by atoms with E-state index >= 15 is 0 Å². The Kier molecular flexibility index (Phi) is 3.01. The largest absolute Gasteiger partial charge is 0.459 e. The summed E-state index contributed by atoms with van der Waals surface area (Å²) in [6, 6.07) is 8.30. The standard InChI is InChI=1S/C14H19NO/c1-9(2)6-12(15)14-8-11-5-4-10(3)7-13(11)16-14/h4-5,7-9,12H,6,15H2,1-3H3. The molecule has 0 spiro atoms. The highest BCUT2D eigenvalue weighted by molar-refractivity contribution is 5.78. The minimum absolute atomic E-state index is 0.00714. The van der Waals surface area contributed by atoms with Gasteiger partial charge in [-0.15, -0.1) is 0 Å². The summed E-state index contributed by atoms with van der Waals surface area (Å²) in [6.45, 7) is 6.41. The molecule has 1 unspecified atom stereocenters. The summed E-state index contributed by atoms with van der Waals surface area (Å²) in [5.74, 6) is 1.49. The van der Waals surface area contributed by atoms with E-state index in [1.807, 2.05) is 0 Å². The van der Waals surface area contributed by atoms with Crippen LogP contribution < -0.4 is 5.73 Å². The highest BCUT2D eigenvalue weighted by atomic mass is 16.3. The van der Waals surface area contributed by atoms with E-state index in [1.165, 1.54) is 5.56 Å². The lowest BCUT2D eigenvalue weighted by atomic mass is 10.0. The van der Waals surface area contributed by atoms with Gasteiger partial charge < -0.3 is 10.2 Å². The van der Waals surface area contributed by atoms with Crippen LogP contribution in [0.1, 0.15) is 37.6 Å². The smallest absolute Gasteiger partial charge is 0.134 e. The van der Waals surface area contributed by atoms with E-state index in [4.69, 9.17) is 10.2 Å². The first-order valence-corrected chi connectivity index (χ1v) is 5.82. The summed E-state index contributed by atoms with van der Waals surface area (Å²) in [7, 11) is 0. The number of furan rings is 1. The van der Waals surface area contributed by atoms with Crippen LogP contribution in [0.4, 0.5) is 0 Å². The first kappa shape index (κ1) is 11.2. The van der Waals surface area contributed by atoms with Crippen molar-refractivity contribution in [2.75, 3.05) is 0 Å². The van der Waals surface area contributed by atoms with E-state index < -0.39 is 0 Å². The Morgan fingerprint density at radius 3 is 2.69 bits per heavy atom. The average Bonchev–Trinajstić information content (AvgIpc) is 2.59. The van der Waals surface area contributed by atoms with Gasteiger partial charge in [-0.25, -0.2) is 0 Å². The highest BCUT2D eigenvalue weighted by Crippen LogP contribution is 2.26. The van der Waals surface area contributed by atoms with Gasteiger partial charge in [-0.05, 0) is 37.0 Å². The molecule has 0 saturated carbocycles. The van der Waals surface area contributed by atoms with E-state index in [2.05, 4.69) is 45.0 Å². The molecule has 0 saturated heterocycles. The molecular formula is C14H19NO. The van der Waals surface area contributed by atoms with Gasteiger partial charge in [0, 0.05) is 5.39 Å². The number of benzene rings is 1. The predicted octanol–water partition coefficient (Wildman–Crippen LogP) is 3.79. The van der Waals surface area contributed by atoms with Crippen LogP contribution in [0.25, 0.3) is 11.0 Å². The van der Waals surface area contributed by atoms with Crippen molar-refractivity contribution in [3.8, 4) is 0 Å². The van der Waals surface area contributed by atoms with Crippen molar-refractivity contribution in [2.24, 2.45) is 11.7 Å². The summed E-state index contributed by atoms with van der Waals surface area (Å²) in [6.07, 6.45) is 0.957. The Balaban J connectivity index is 2.32. The molecular weight excluding hydrogens is 198 g/mol. The first-order chi connectivity index (χ1) is 7.56. The second-order valence-corrected chi connectivity index (χ2v) is 4.93. The lowest BCUT2D eigenvalue weighted by molar-refractivity contribution is 0.431. The zero-order valence-electron chi connectivity index (χ0n) is 10.2. The number of hydrogen-bond donors (Lipinski definition) is 1. The maximum Gasteiger partial charge on any atom is 0.134 e. The van der Waals surface area contributed by atoms with Crippen molar-refractivity contribution in [3.05, 3.63) is 35.6 Å². The second-order valence-electron chi connectivity index (χ2n) is 4.93. The van der Waals surface area contributed by atoms with E-state index in [9.17, 15) is 0 Å². The van der Waals surface area contributed by atoms with Gasteiger partial charge >= 0.3 is 0 Å². The number of fused-ring (bicyclic) bond motifs is 1. The van der Waals surface area contributed by atoms with Crippen LogP contribution in [0.3, 0.4) is 0 Å². The number of aryl methyl sites for hydroxylation is 1. The van der Waals surface area contributed by atoms with Gasteiger partial charge in [-0.3, -0.25) is 0 Å². The zero-order valence-corrected chi connectivity index (χ0v) is 10.2. The van der Waals surface area contributed by atoms with Crippen LogP contribution in [0.5, 0.6) is 0 Å².